The molecule has 0 bridgehead atoms. The summed E-state index contributed by atoms with van der Waals surface area (Å²) in [6.45, 7) is 8.22. The van der Waals surface area contributed by atoms with Gasteiger partial charge in [-0.25, -0.2) is 4.98 Å². The van der Waals surface area contributed by atoms with E-state index in [1.54, 1.807) is 18.3 Å². The Kier molecular flexibility index (Phi) is 4.67. The number of amides is 1. The van der Waals surface area contributed by atoms with Crippen molar-refractivity contribution >= 4 is 11.6 Å². The highest BCUT2D eigenvalue weighted by Crippen LogP contribution is 2.19. The van der Waals surface area contributed by atoms with Gasteiger partial charge < -0.3 is 15.8 Å². The van der Waals surface area contributed by atoms with Crippen molar-refractivity contribution < 1.29 is 9.53 Å². The summed E-state index contributed by atoms with van der Waals surface area (Å²) in [4.78, 5) is 15.9. The molecule has 1 aromatic heterocycles. The van der Waals surface area contributed by atoms with E-state index in [0.29, 0.717) is 18.2 Å². The van der Waals surface area contributed by atoms with Crippen LogP contribution in [0.2, 0.25) is 0 Å². The molecular formula is C13H21N3O2. The van der Waals surface area contributed by atoms with Crippen LogP contribution >= 0.6 is 0 Å². The van der Waals surface area contributed by atoms with Crippen molar-refractivity contribution in [2.45, 2.75) is 33.7 Å². The predicted molar refractivity (Wildman–Crippen MR) is 71.5 cm³/mol. The number of carbonyl (C=O) groups excluding carboxylic acids is 1. The van der Waals surface area contributed by atoms with Gasteiger partial charge >= 0.3 is 0 Å². The summed E-state index contributed by atoms with van der Waals surface area (Å²) in [5.74, 6) is 0.323. The molecule has 0 radical (unpaired) electrons. The van der Waals surface area contributed by atoms with Crippen LogP contribution in [0.3, 0.4) is 0 Å². The molecule has 0 aromatic carbocycles. The largest absolute Gasteiger partial charge is 0.478 e. The lowest BCUT2D eigenvalue weighted by Crippen LogP contribution is -2.45. The summed E-state index contributed by atoms with van der Waals surface area (Å²) in [5.41, 5.74) is 6.20. The van der Waals surface area contributed by atoms with Gasteiger partial charge in [-0.15, -0.1) is 0 Å². The van der Waals surface area contributed by atoms with Crippen LogP contribution in [-0.2, 0) is 4.79 Å². The molecule has 3 N–H and O–H groups in total. The van der Waals surface area contributed by atoms with Crippen molar-refractivity contribution in [2.75, 3.05) is 11.9 Å². The van der Waals surface area contributed by atoms with Gasteiger partial charge in [0.1, 0.15) is 0 Å². The Labute approximate surface area is 108 Å². The maximum Gasteiger partial charge on any atom is 0.241 e. The molecule has 1 atom stereocenters. The van der Waals surface area contributed by atoms with Crippen molar-refractivity contribution in [3.05, 3.63) is 18.3 Å². The zero-order valence-electron chi connectivity index (χ0n) is 11.4. The smallest absolute Gasteiger partial charge is 0.241 e. The monoisotopic (exact) mass is 251 g/mol. The first-order chi connectivity index (χ1) is 8.34. The van der Waals surface area contributed by atoms with Crippen molar-refractivity contribution in [3.8, 4) is 5.88 Å². The van der Waals surface area contributed by atoms with Gasteiger partial charge in [-0.3, -0.25) is 4.79 Å². The molecule has 0 saturated heterocycles. The highest BCUT2D eigenvalue weighted by atomic mass is 16.5. The van der Waals surface area contributed by atoms with Crippen LogP contribution in [0.15, 0.2) is 18.3 Å². The number of carbonyl (C=O) groups is 1. The van der Waals surface area contributed by atoms with Gasteiger partial charge in [-0.2, -0.15) is 0 Å². The summed E-state index contributed by atoms with van der Waals surface area (Å²) in [6, 6.07) is 2.89. The summed E-state index contributed by atoms with van der Waals surface area (Å²) in [6.07, 6.45) is 1.55. The number of pyridine rings is 1. The van der Waals surface area contributed by atoms with Gasteiger partial charge in [0.05, 0.1) is 24.5 Å². The number of aromatic nitrogens is 1. The Balaban J connectivity index is 2.65. The first kappa shape index (κ1) is 14.4. The van der Waals surface area contributed by atoms with Crippen molar-refractivity contribution in [1.29, 1.82) is 0 Å². The highest BCUT2D eigenvalue weighted by Gasteiger charge is 2.27. The van der Waals surface area contributed by atoms with Crippen LogP contribution in [0.5, 0.6) is 5.88 Å². The Morgan fingerprint density at radius 3 is 2.61 bits per heavy atom. The van der Waals surface area contributed by atoms with E-state index >= 15 is 0 Å². The molecular weight excluding hydrogens is 230 g/mol. The standard InChI is InChI=1S/C13H21N3O2/c1-5-18-10-7-6-9(8-15-10)16-12(17)11(14)13(2,3)4/h6-8,11H,5,14H2,1-4H3,(H,16,17)/t11-/m0/s1. The van der Waals surface area contributed by atoms with Gasteiger partial charge in [0.15, 0.2) is 0 Å². The summed E-state index contributed by atoms with van der Waals surface area (Å²) >= 11 is 0. The van der Waals surface area contributed by atoms with E-state index in [9.17, 15) is 4.79 Å². The molecule has 0 aliphatic rings. The fraction of sp³-hybridized carbons (Fsp3) is 0.538. The van der Waals surface area contributed by atoms with Gasteiger partial charge in [-0.05, 0) is 18.4 Å². The number of nitrogens with zero attached hydrogens (tertiary/aromatic N) is 1. The quantitative estimate of drug-likeness (QED) is 0.855. The summed E-state index contributed by atoms with van der Waals surface area (Å²) in [5, 5.41) is 2.74. The Hall–Kier alpha value is -1.62. The molecule has 0 spiro atoms. The molecule has 0 unspecified atom stereocenters. The maximum absolute atomic E-state index is 11.9. The number of nitrogens with one attached hydrogen (secondary N) is 1. The Bertz CT molecular complexity index is 396. The number of rotatable bonds is 4. The molecule has 0 saturated carbocycles. The predicted octanol–water partition coefficient (Wildman–Crippen LogP) is 1.79. The van der Waals surface area contributed by atoms with Crippen LogP contribution in [0.25, 0.3) is 0 Å². The normalized spacial score (nSPS) is 12.9. The number of ether oxygens (including phenoxy) is 1. The van der Waals surface area contributed by atoms with E-state index in [4.69, 9.17) is 10.5 Å². The lowest BCUT2D eigenvalue weighted by Gasteiger charge is -2.25. The molecule has 5 heteroatoms. The van der Waals surface area contributed by atoms with E-state index in [1.807, 2.05) is 27.7 Å². The van der Waals surface area contributed by atoms with Crippen molar-refractivity contribution in [3.63, 3.8) is 0 Å². The fourth-order valence-corrected chi connectivity index (χ4v) is 1.30. The zero-order chi connectivity index (χ0) is 13.8. The SMILES string of the molecule is CCOc1ccc(NC(=O)[C@H](N)C(C)(C)C)cn1. The first-order valence-electron chi connectivity index (χ1n) is 6.00. The minimum absolute atomic E-state index is 0.214. The summed E-state index contributed by atoms with van der Waals surface area (Å²) in [7, 11) is 0. The second-order valence-electron chi connectivity index (χ2n) is 5.15. The third kappa shape index (κ3) is 4.00. The molecule has 0 aliphatic carbocycles. The average molecular weight is 251 g/mol. The fourth-order valence-electron chi connectivity index (χ4n) is 1.30. The Morgan fingerprint density at radius 1 is 1.50 bits per heavy atom. The zero-order valence-corrected chi connectivity index (χ0v) is 11.4. The van der Waals surface area contributed by atoms with E-state index in [-0.39, 0.29) is 11.3 Å². The lowest BCUT2D eigenvalue weighted by molar-refractivity contribution is -0.119. The second-order valence-corrected chi connectivity index (χ2v) is 5.15. The topological polar surface area (TPSA) is 77.2 Å². The number of nitrogens with two attached hydrogens (primary N) is 1. The van der Waals surface area contributed by atoms with Crippen LogP contribution in [-0.4, -0.2) is 23.5 Å². The molecule has 1 amide bonds. The number of anilines is 1. The van der Waals surface area contributed by atoms with Gasteiger partial charge in [0.2, 0.25) is 11.8 Å². The second kappa shape index (κ2) is 5.82. The molecule has 5 nitrogen and oxygen atoms in total. The van der Waals surface area contributed by atoms with Crippen LogP contribution in [0, 0.1) is 5.41 Å². The number of hydrogen-bond donors (Lipinski definition) is 2. The Morgan fingerprint density at radius 2 is 2.17 bits per heavy atom. The van der Waals surface area contributed by atoms with E-state index in [2.05, 4.69) is 10.3 Å². The molecule has 100 valence electrons. The number of hydrogen-bond acceptors (Lipinski definition) is 4. The minimum Gasteiger partial charge on any atom is -0.478 e. The maximum atomic E-state index is 11.9. The third-order valence-corrected chi connectivity index (χ3v) is 2.51. The molecule has 1 aromatic rings. The average Bonchev–Trinajstić information content (AvgIpc) is 2.30. The van der Waals surface area contributed by atoms with Gasteiger partial charge in [0, 0.05) is 6.07 Å². The van der Waals surface area contributed by atoms with Crippen LogP contribution < -0.4 is 15.8 Å². The molecule has 1 heterocycles. The van der Waals surface area contributed by atoms with E-state index in [0.717, 1.165) is 0 Å². The molecule has 0 fully saturated rings. The van der Waals surface area contributed by atoms with Crippen molar-refractivity contribution in [1.82, 2.24) is 4.98 Å². The van der Waals surface area contributed by atoms with Gasteiger partial charge in [0.25, 0.3) is 0 Å². The van der Waals surface area contributed by atoms with E-state index < -0.39 is 6.04 Å². The highest BCUT2D eigenvalue weighted by molar-refractivity contribution is 5.95. The first-order valence-corrected chi connectivity index (χ1v) is 6.00. The molecule has 0 aliphatic heterocycles. The summed E-state index contributed by atoms with van der Waals surface area (Å²) < 4.78 is 5.22. The lowest BCUT2D eigenvalue weighted by atomic mass is 9.87. The van der Waals surface area contributed by atoms with Crippen LogP contribution in [0.1, 0.15) is 27.7 Å². The van der Waals surface area contributed by atoms with Gasteiger partial charge in [-0.1, -0.05) is 20.8 Å². The third-order valence-electron chi connectivity index (χ3n) is 2.51. The molecule has 18 heavy (non-hydrogen) atoms. The minimum atomic E-state index is -0.566. The molecule has 1 rings (SSSR count). The van der Waals surface area contributed by atoms with Crippen molar-refractivity contribution in [2.24, 2.45) is 11.1 Å². The van der Waals surface area contributed by atoms with E-state index in [1.165, 1.54) is 0 Å². The van der Waals surface area contributed by atoms with Crippen LogP contribution in [0.4, 0.5) is 5.69 Å².